The lowest BCUT2D eigenvalue weighted by atomic mass is 10.1. The summed E-state index contributed by atoms with van der Waals surface area (Å²) in [6.45, 7) is 4.73. The van der Waals surface area contributed by atoms with Crippen LogP contribution in [0.5, 0.6) is 0 Å². The molecule has 2 rings (SSSR count). The summed E-state index contributed by atoms with van der Waals surface area (Å²) in [5.41, 5.74) is 6.31. The summed E-state index contributed by atoms with van der Waals surface area (Å²) in [6, 6.07) is 3.84. The molecule has 1 aliphatic rings. The van der Waals surface area contributed by atoms with Crippen LogP contribution in [0.4, 0.5) is 5.82 Å². The van der Waals surface area contributed by atoms with Gasteiger partial charge in [-0.3, -0.25) is 4.79 Å². The fourth-order valence-corrected chi connectivity index (χ4v) is 2.62. The lowest BCUT2D eigenvalue weighted by molar-refractivity contribution is 0.0935. The van der Waals surface area contributed by atoms with Crippen molar-refractivity contribution in [1.82, 2.24) is 10.3 Å². The van der Waals surface area contributed by atoms with Crippen molar-refractivity contribution >= 4 is 11.7 Å². The Bertz CT molecular complexity index is 440. The van der Waals surface area contributed by atoms with Gasteiger partial charge in [0.1, 0.15) is 5.82 Å². The van der Waals surface area contributed by atoms with Crippen molar-refractivity contribution < 1.29 is 4.79 Å². The van der Waals surface area contributed by atoms with Gasteiger partial charge in [0.05, 0.1) is 5.56 Å². The summed E-state index contributed by atoms with van der Waals surface area (Å²) in [6.07, 6.45) is 7.22. The summed E-state index contributed by atoms with van der Waals surface area (Å²) >= 11 is 0. The summed E-state index contributed by atoms with van der Waals surface area (Å²) in [5.74, 6) is 0.882. The zero-order valence-electron chi connectivity index (χ0n) is 12.8. The highest BCUT2D eigenvalue weighted by molar-refractivity contribution is 5.94. The number of nitrogens with zero attached hydrogens (tertiary/aromatic N) is 2. The minimum atomic E-state index is -0.0815. The van der Waals surface area contributed by atoms with Crippen LogP contribution in [0.15, 0.2) is 18.3 Å². The molecule has 0 aliphatic carbocycles. The second kappa shape index (κ2) is 7.98. The number of aromatic nitrogens is 1. The van der Waals surface area contributed by atoms with Crippen LogP contribution < -0.4 is 16.0 Å². The van der Waals surface area contributed by atoms with E-state index in [9.17, 15) is 4.79 Å². The van der Waals surface area contributed by atoms with Crippen molar-refractivity contribution in [3.8, 4) is 0 Å². The number of hydrogen-bond acceptors (Lipinski definition) is 4. The van der Waals surface area contributed by atoms with Gasteiger partial charge in [0.15, 0.2) is 0 Å². The average Bonchev–Trinajstić information content (AvgIpc) is 3.05. The molecular weight excluding hydrogens is 264 g/mol. The van der Waals surface area contributed by atoms with E-state index in [2.05, 4.69) is 22.1 Å². The van der Waals surface area contributed by atoms with E-state index in [0.29, 0.717) is 12.1 Å². The Balaban J connectivity index is 1.92. The van der Waals surface area contributed by atoms with E-state index < -0.39 is 0 Å². The molecule has 1 aliphatic heterocycles. The lowest BCUT2D eigenvalue weighted by Gasteiger charge is -2.18. The van der Waals surface area contributed by atoms with Crippen LogP contribution in [-0.4, -0.2) is 36.6 Å². The number of pyridine rings is 1. The standard InChI is InChI=1S/C16H26N4O/c1-2-3-6-14(11-17)19-16(21)13-7-8-15(18-12-13)20-9-4-5-10-20/h7-8,12,14H,2-6,9-11,17H2,1H3,(H,19,21). The second-order valence-corrected chi connectivity index (χ2v) is 5.65. The molecule has 3 N–H and O–H groups in total. The van der Waals surface area contributed by atoms with Crippen molar-refractivity contribution in [1.29, 1.82) is 0 Å². The topological polar surface area (TPSA) is 71.2 Å². The normalized spacial score (nSPS) is 16.0. The summed E-state index contributed by atoms with van der Waals surface area (Å²) in [7, 11) is 0. The minimum Gasteiger partial charge on any atom is -0.357 e. The van der Waals surface area contributed by atoms with Crippen LogP contribution in [0.3, 0.4) is 0 Å². The molecule has 116 valence electrons. The third-order valence-corrected chi connectivity index (χ3v) is 3.97. The molecule has 1 amide bonds. The van der Waals surface area contributed by atoms with E-state index in [-0.39, 0.29) is 11.9 Å². The zero-order valence-corrected chi connectivity index (χ0v) is 12.8. The summed E-state index contributed by atoms with van der Waals surface area (Å²) in [5, 5.41) is 2.99. The molecule has 1 aromatic heterocycles. The third-order valence-electron chi connectivity index (χ3n) is 3.97. The number of anilines is 1. The smallest absolute Gasteiger partial charge is 0.253 e. The van der Waals surface area contributed by atoms with Crippen LogP contribution in [0.25, 0.3) is 0 Å². The van der Waals surface area contributed by atoms with Gasteiger partial charge in [-0.2, -0.15) is 0 Å². The maximum Gasteiger partial charge on any atom is 0.253 e. The first-order valence-corrected chi connectivity index (χ1v) is 7.96. The van der Waals surface area contributed by atoms with Gasteiger partial charge in [0, 0.05) is 31.9 Å². The van der Waals surface area contributed by atoms with Gasteiger partial charge in [-0.05, 0) is 31.4 Å². The van der Waals surface area contributed by atoms with Crippen molar-refractivity contribution in [3.63, 3.8) is 0 Å². The second-order valence-electron chi connectivity index (χ2n) is 5.65. The van der Waals surface area contributed by atoms with Gasteiger partial charge in [-0.1, -0.05) is 19.8 Å². The molecule has 5 nitrogen and oxygen atoms in total. The quantitative estimate of drug-likeness (QED) is 0.805. The van der Waals surface area contributed by atoms with Gasteiger partial charge < -0.3 is 16.0 Å². The third kappa shape index (κ3) is 4.43. The first-order valence-electron chi connectivity index (χ1n) is 7.96. The van der Waals surface area contributed by atoms with Gasteiger partial charge in [0.2, 0.25) is 0 Å². The number of nitrogens with one attached hydrogen (secondary N) is 1. The van der Waals surface area contributed by atoms with Crippen LogP contribution in [0.2, 0.25) is 0 Å². The number of carbonyl (C=O) groups is 1. The molecule has 5 heteroatoms. The number of nitrogens with two attached hydrogens (primary N) is 1. The number of carbonyl (C=O) groups excluding carboxylic acids is 1. The van der Waals surface area contributed by atoms with Crippen molar-refractivity contribution in [2.45, 2.75) is 45.1 Å². The number of rotatable bonds is 7. The maximum absolute atomic E-state index is 12.2. The number of hydrogen-bond donors (Lipinski definition) is 2. The average molecular weight is 290 g/mol. The molecule has 1 fully saturated rings. The molecule has 1 atom stereocenters. The molecule has 1 unspecified atom stereocenters. The molecular formula is C16H26N4O. The lowest BCUT2D eigenvalue weighted by Crippen LogP contribution is -2.40. The molecule has 0 radical (unpaired) electrons. The van der Waals surface area contributed by atoms with Crippen molar-refractivity contribution in [2.24, 2.45) is 5.73 Å². The van der Waals surface area contributed by atoms with Gasteiger partial charge in [-0.25, -0.2) is 4.98 Å². The Morgan fingerprint density at radius 2 is 2.19 bits per heavy atom. The Morgan fingerprint density at radius 3 is 2.76 bits per heavy atom. The Morgan fingerprint density at radius 1 is 1.43 bits per heavy atom. The predicted octanol–water partition coefficient (Wildman–Crippen LogP) is 1.93. The van der Waals surface area contributed by atoms with Gasteiger partial charge in [0.25, 0.3) is 5.91 Å². The van der Waals surface area contributed by atoms with Crippen LogP contribution in [0, 0.1) is 0 Å². The Labute approximate surface area is 126 Å². The van der Waals surface area contributed by atoms with Gasteiger partial charge in [-0.15, -0.1) is 0 Å². The van der Waals surface area contributed by atoms with Crippen molar-refractivity contribution in [3.05, 3.63) is 23.9 Å². The van der Waals surface area contributed by atoms with Crippen LogP contribution >= 0.6 is 0 Å². The molecule has 0 spiro atoms. The highest BCUT2D eigenvalue weighted by Gasteiger charge is 2.15. The number of amides is 1. The Kier molecular flexibility index (Phi) is 5.99. The zero-order chi connectivity index (χ0) is 15.1. The first-order chi connectivity index (χ1) is 10.2. The molecule has 2 heterocycles. The maximum atomic E-state index is 12.2. The summed E-state index contributed by atoms with van der Waals surface area (Å²) in [4.78, 5) is 18.9. The Hall–Kier alpha value is -1.62. The summed E-state index contributed by atoms with van der Waals surface area (Å²) < 4.78 is 0. The fraction of sp³-hybridized carbons (Fsp3) is 0.625. The highest BCUT2D eigenvalue weighted by Crippen LogP contribution is 2.17. The van der Waals surface area contributed by atoms with Crippen molar-refractivity contribution in [2.75, 3.05) is 24.5 Å². The minimum absolute atomic E-state index is 0.0516. The molecule has 0 aromatic carbocycles. The molecule has 1 aromatic rings. The molecule has 0 saturated carbocycles. The van der Waals surface area contributed by atoms with E-state index in [1.165, 1.54) is 12.8 Å². The van der Waals surface area contributed by atoms with E-state index in [4.69, 9.17) is 5.73 Å². The predicted molar refractivity (Wildman–Crippen MR) is 85.5 cm³/mol. The van der Waals surface area contributed by atoms with E-state index in [1.807, 2.05) is 12.1 Å². The fourth-order valence-electron chi connectivity index (χ4n) is 2.62. The molecule has 0 bridgehead atoms. The van der Waals surface area contributed by atoms with E-state index in [1.54, 1.807) is 6.20 Å². The van der Waals surface area contributed by atoms with E-state index in [0.717, 1.165) is 38.2 Å². The SMILES string of the molecule is CCCCC(CN)NC(=O)c1ccc(N2CCCC2)nc1. The monoisotopic (exact) mass is 290 g/mol. The number of unbranched alkanes of at least 4 members (excludes halogenated alkanes) is 1. The molecule has 21 heavy (non-hydrogen) atoms. The van der Waals surface area contributed by atoms with Gasteiger partial charge >= 0.3 is 0 Å². The molecule has 1 saturated heterocycles. The largest absolute Gasteiger partial charge is 0.357 e. The van der Waals surface area contributed by atoms with Crippen LogP contribution in [-0.2, 0) is 0 Å². The van der Waals surface area contributed by atoms with Crippen LogP contribution in [0.1, 0.15) is 49.4 Å². The first kappa shape index (κ1) is 15.8. The highest BCUT2D eigenvalue weighted by atomic mass is 16.1. The van der Waals surface area contributed by atoms with E-state index >= 15 is 0 Å².